The average molecular weight is 445 g/mol. The van der Waals surface area contributed by atoms with Gasteiger partial charge in [-0.3, -0.25) is 0 Å². The van der Waals surface area contributed by atoms with Crippen LogP contribution in [0.15, 0.2) is 30.3 Å². The summed E-state index contributed by atoms with van der Waals surface area (Å²) >= 11 is 0. The summed E-state index contributed by atoms with van der Waals surface area (Å²) in [6.45, 7) is 15.5. The molecule has 5 aliphatic carbocycles. The standard InChI is InChI=1S/C33H48/c1-22-9-11-23(12-10-22)25-16-20-33(6)28(30(25,2)3)17-21-32(5)27-15-19-31(4)18-7-8-26(31)24(27)13-14-29(32)33/h9-12,16,24,26-29H,7-8,13-15,17-21H2,1-6H3. The van der Waals surface area contributed by atoms with Crippen LogP contribution in [0.4, 0.5) is 0 Å². The molecule has 1 aromatic carbocycles. The van der Waals surface area contributed by atoms with Gasteiger partial charge in [-0.1, -0.05) is 76.9 Å². The molecule has 0 heterocycles. The molecule has 6 rings (SSSR count). The third-order valence-corrected chi connectivity index (χ3v) is 12.9. The summed E-state index contributed by atoms with van der Waals surface area (Å²) in [6, 6.07) is 9.37. The van der Waals surface area contributed by atoms with Crippen molar-refractivity contribution in [1.82, 2.24) is 0 Å². The molecule has 0 aromatic heterocycles. The molecule has 0 spiro atoms. The maximum absolute atomic E-state index is 2.78. The Kier molecular flexibility index (Phi) is 4.92. The number of allylic oxidation sites excluding steroid dienone is 2. The molecule has 0 amide bonds. The molecule has 0 saturated heterocycles. The van der Waals surface area contributed by atoms with E-state index in [9.17, 15) is 0 Å². The van der Waals surface area contributed by atoms with E-state index in [1.807, 2.05) is 0 Å². The van der Waals surface area contributed by atoms with Crippen LogP contribution in [0.25, 0.3) is 5.57 Å². The monoisotopic (exact) mass is 444 g/mol. The van der Waals surface area contributed by atoms with Crippen molar-refractivity contribution in [2.75, 3.05) is 0 Å². The van der Waals surface area contributed by atoms with E-state index in [-0.39, 0.29) is 5.41 Å². The van der Waals surface area contributed by atoms with Gasteiger partial charge in [-0.05, 0) is 127 Å². The minimum absolute atomic E-state index is 0.261. The molecule has 180 valence electrons. The molecule has 5 aliphatic rings. The topological polar surface area (TPSA) is 0 Å². The van der Waals surface area contributed by atoms with Crippen LogP contribution in [0.5, 0.6) is 0 Å². The van der Waals surface area contributed by atoms with Gasteiger partial charge in [-0.25, -0.2) is 0 Å². The second-order valence-electron chi connectivity index (χ2n) is 14.6. The number of hydrogen-bond donors (Lipinski definition) is 0. The molecule has 4 fully saturated rings. The van der Waals surface area contributed by atoms with E-state index in [2.05, 4.69) is 71.9 Å². The minimum atomic E-state index is 0.261. The van der Waals surface area contributed by atoms with E-state index >= 15 is 0 Å². The van der Waals surface area contributed by atoms with Gasteiger partial charge in [0.25, 0.3) is 0 Å². The van der Waals surface area contributed by atoms with Crippen molar-refractivity contribution in [3.05, 3.63) is 41.5 Å². The van der Waals surface area contributed by atoms with E-state index in [0.717, 1.165) is 29.6 Å². The Morgan fingerprint density at radius 2 is 1.45 bits per heavy atom. The Hall–Kier alpha value is -1.04. The van der Waals surface area contributed by atoms with Gasteiger partial charge < -0.3 is 0 Å². The van der Waals surface area contributed by atoms with Crippen molar-refractivity contribution in [1.29, 1.82) is 0 Å². The Morgan fingerprint density at radius 3 is 2.21 bits per heavy atom. The van der Waals surface area contributed by atoms with Crippen molar-refractivity contribution in [3.63, 3.8) is 0 Å². The predicted molar refractivity (Wildman–Crippen MR) is 141 cm³/mol. The highest BCUT2D eigenvalue weighted by Gasteiger charge is 2.64. The molecule has 0 radical (unpaired) electrons. The number of rotatable bonds is 1. The maximum Gasteiger partial charge on any atom is -0.00671 e. The molecular weight excluding hydrogens is 396 g/mol. The van der Waals surface area contributed by atoms with E-state index in [1.165, 1.54) is 75.3 Å². The van der Waals surface area contributed by atoms with Crippen LogP contribution >= 0.6 is 0 Å². The molecular formula is C33H48. The van der Waals surface area contributed by atoms with Gasteiger partial charge in [0, 0.05) is 0 Å². The summed E-state index contributed by atoms with van der Waals surface area (Å²) in [4.78, 5) is 0. The van der Waals surface area contributed by atoms with Gasteiger partial charge in [0.2, 0.25) is 0 Å². The zero-order valence-corrected chi connectivity index (χ0v) is 22.3. The van der Waals surface area contributed by atoms with E-state index in [4.69, 9.17) is 0 Å². The summed E-state index contributed by atoms with van der Waals surface area (Å²) < 4.78 is 0. The lowest BCUT2D eigenvalue weighted by atomic mass is 9.36. The fraction of sp³-hybridized carbons (Fsp3) is 0.758. The first-order valence-corrected chi connectivity index (χ1v) is 14.4. The van der Waals surface area contributed by atoms with Gasteiger partial charge in [-0.15, -0.1) is 0 Å². The first-order valence-electron chi connectivity index (χ1n) is 14.4. The Balaban J connectivity index is 1.34. The first-order chi connectivity index (χ1) is 15.6. The zero-order valence-electron chi connectivity index (χ0n) is 22.3. The van der Waals surface area contributed by atoms with Crippen molar-refractivity contribution in [2.45, 2.75) is 106 Å². The molecule has 0 bridgehead atoms. The minimum Gasteiger partial charge on any atom is -0.0796 e. The van der Waals surface area contributed by atoms with Crippen molar-refractivity contribution >= 4 is 5.57 Å². The molecule has 0 aliphatic heterocycles. The van der Waals surface area contributed by atoms with E-state index < -0.39 is 0 Å². The van der Waals surface area contributed by atoms with Crippen molar-refractivity contribution < 1.29 is 0 Å². The number of hydrogen-bond acceptors (Lipinski definition) is 0. The fourth-order valence-corrected chi connectivity index (χ4v) is 11.4. The van der Waals surface area contributed by atoms with Crippen LogP contribution in [0.2, 0.25) is 0 Å². The largest absolute Gasteiger partial charge is 0.0796 e. The van der Waals surface area contributed by atoms with Crippen LogP contribution in [0.3, 0.4) is 0 Å². The van der Waals surface area contributed by atoms with Gasteiger partial charge in [0.1, 0.15) is 0 Å². The van der Waals surface area contributed by atoms with Gasteiger partial charge in [0.05, 0.1) is 0 Å². The first kappa shape index (κ1) is 22.4. The number of aryl methyl sites for hydroxylation is 1. The molecule has 8 atom stereocenters. The Bertz CT molecular complexity index is 949. The normalized spacial score (nSPS) is 48.2. The molecule has 33 heavy (non-hydrogen) atoms. The second kappa shape index (κ2) is 7.24. The predicted octanol–water partition coefficient (Wildman–Crippen LogP) is 9.47. The summed E-state index contributed by atoms with van der Waals surface area (Å²) in [5, 5.41) is 0. The smallest absolute Gasteiger partial charge is 0.00671 e. The van der Waals surface area contributed by atoms with Crippen LogP contribution in [0.1, 0.15) is 110 Å². The van der Waals surface area contributed by atoms with Crippen LogP contribution in [-0.2, 0) is 0 Å². The van der Waals surface area contributed by atoms with E-state index in [0.29, 0.717) is 16.2 Å². The average Bonchev–Trinajstić information content (AvgIpc) is 3.16. The highest BCUT2D eigenvalue weighted by atomic mass is 14.7. The highest BCUT2D eigenvalue weighted by Crippen LogP contribution is 2.73. The highest BCUT2D eigenvalue weighted by molar-refractivity contribution is 5.71. The summed E-state index contributed by atoms with van der Waals surface area (Å²) in [7, 11) is 0. The molecule has 4 saturated carbocycles. The van der Waals surface area contributed by atoms with Crippen molar-refractivity contribution in [3.8, 4) is 0 Å². The second-order valence-corrected chi connectivity index (χ2v) is 14.6. The summed E-state index contributed by atoms with van der Waals surface area (Å²) in [5.74, 6) is 4.78. The third kappa shape index (κ3) is 3.00. The maximum atomic E-state index is 2.78. The lowest BCUT2D eigenvalue weighted by molar-refractivity contribution is -0.176. The van der Waals surface area contributed by atoms with Crippen LogP contribution in [-0.4, -0.2) is 0 Å². The van der Waals surface area contributed by atoms with Crippen LogP contribution < -0.4 is 0 Å². The molecule has 0 N–H and O–H groups in total. The SMILES string of the molecule is Cc1ccc(C2=CCC3(C)C(CCC4(C)C5CCC6(C)CCCC6C5CCC43)C2(C)C)cc1. The van der Waals surface area contributed by atoms with Gasteiger partial charge in [0.15, 0.2) is 0 Å². The van der Waals surface area contributed by atoms with Crippen molar-refractivity contribution in [2.24, 2.45) is 51.2 Å². The van der Waals surface area contributed by atoms with Gasteiger partial charge >= 0.3 is 0 Å². The lowest BCUT2D eigenvalue weighted by Gasteiger charge is -2.68. The Labute approximate surface area is 204 Å². The quantitative estimate of drug-likeness (QED) is 0.404. The zero-order chi connectivity index (χ0) is 23.2. The molecule has 0 heteroatoms. The number of fused-ring (bicyclic) bond motifs is 7. The molecule has 1 aromatic rings. The third-order valence-electron chi connectivity index (χ3n) is 12.9. The van der Waals surface area contributed by atoms with E-state index in [1.54, 1.807) is 5.57 Å². The number of benzene rings is 1. The van der Waals surface area contributed by atoms with Gasteiger partial charge in [-0.2, -0.15) is 0 Å². The molecule has 0 nitrogen and oxygen atoms in total. The summed E-state index contributed by atoms with van der Waals surface area (Å²) in [5.41, 5.74) is 6.45. The lowest BCUT2D eigenvalue weighted by Crippen LogP contribution is -2.60. The summed E-state index contributed by atoms with van der Waals surface area (Å²) in [6.07, 6.45) is 17.5. The van der Waals surface area contributed by atoms with Crippen LogP contribution in [0, 0.1) is 58.2 Å². The molecule has 8 unspecified atom stereocenters. The Morgan fingerprint density at radius 1 is 0.697 bits per heavy atom. The fourth-order valence-electron chi connectivity index (χ4n) is 11.4.